The number of aromatic nitrogens is 4. The van der Waals surface area contributed by atoms with Gasteiger partial charge in [0.15, 0.2) is 0 Å². The Kier molecular flexibility index (Phi) is 4.13. The summed E-state index contributed by atoms with van der Waals surface area (Å²) in [5.74, 6) is 0. The summed E-state index contributed by atoms with van der Waals surface area (Å²) < 4.78 is 3.83. The number of anilines is 1. The van der Waals surface area contributed by atoms with Crippen LogP contribution in [0.3, 0.4) is 0 Å². The van der Waals surface area contributed by atoms with E-state index in [4.69, 9.17) is 0 Å². The van der Waals surface area contributed by atoms with Crippen molar-refractivity contribution in [2.24, 2.45) is 0 Å². The first-order valence-electron chi connectivity index (χ1n) is 5.73. The molecule has 1 N–H and O–H groups in total. The van der Waals surface area contributed by atoms with Gasteiger partial charge >= 0.3 is 0 Å². The first kappa shape index (κ1) is 13.7. The smallest absolute Gasteiger partial charge is 0.143 e. The highest BCUT2D eigenvalue weighted by Crippen LogP contribution is 2.32. The molecule has 0 saturated carbocycles. The van der Waals surface area contributed by atoms with Gasteiger partial charge in [-0.2, -0.15) is 0 Å². The number of thiophene rings is 1. The lowest BCUT2D eigenvalue weighted by atomic mass is 10.3. The Bertz CT molecular complexity index is 674. The predicted molar refractivity (Wildman–Crippen MR) is 86.2 cm³/mol. The summed E-state index contributed by atoms with van der Waals surface area (Å²) in [6.45, 7) is 0.791. The standard InChI is InChI=1S/C12H9Br2N5S/c13-11-5-10(20-12(11)14)6-15-8-1-3-9(4-2-8)19-7-16-17-18-19/h1-5,7,15H,6H2. The molecule has 0 aliphatic carbocycles. The van der Waals surface area contributed by atoms with Gasteiger partial charge in [0.1, 0.15) is 6.33 Å². The van der Waals surface area contributed by atoms with Gasteiger partial charge in [0.05, 0.1) is 9.47 Å². The lowest BCUT2D eigenvalue weighted by Crippen LogP contribution is -1.99. The van der Waals surface area contributed by atoms with E-state index < -0.39 is 0 Å². The van der Waals surface area contributed by atoms with E-state index in [1.54, 1.807) is 22.3 Å². The van der Waals surface area contributed by atoms with Gasteiger partial charge in [0.2, 0.25) is 0 Å². The van der Waals surface area contributed by atoms with Crippen molar-refractivity contribution < 1.29 is 0 Å². The van der Waals surface area contributed by atoms with E-state index in [2.05, 4.69) is 58.8 Å². The van der Waals surface area contributed by atoms with Crippen molar-refractivity contribution >= 4 is 48.9 Å². The molecule has 0 atom stereocenters. The summed E-state index contributed by atoms with van der Waals surface area (Å²) in [4.78, 5) is 1.26. The van der Waals surface area contributed by atoms with Crippen molar-refractivity contribution in [3.05, 3.63) is 49.8 Å². The summed E-state index contributed by atoms with van der Waals surface area (Å²) in [7, 11) is 0. The van der Waals surface area contributed by atoms with E-state index in [-0.39, 0.29) is 0 Å². The molecule has 0 saturated heterocycles. The minimum Gasteiger partial charge on any atom is -0.380 e. The average molecular weight is 415 g/mol. The van der Waals surface area contributed by atoms with E-state index in [0.29, 0.717) is 0 Å². The molecule has 0 bridgehead atoms. The largest absolute Gasteiger partial charge is 0.380 e. The third-order valence-electron chi connectivity index (χ3n) is 2.64. The molecule has 5 nitrogen and oxygen atoms in total. The van der Waals surface area contributed by atoms with Crippen molar-refractivity contribution in [2.75, 3.05) is 5.32 Å². The van der Waals surface area contributed by atoms with Gasteiger partial charge in [0.25, 0.3) is 0 Å². The van der Waals surface area contributed by atoms with Gasteiger partial charge in [-0.1, -0.05) is 0 Å². The van der Waals surface area contributed by atoms with Gasteiger partial charge in [-0.3, -0.25) is 0 Å². The average Bonchev–Trinajstić information content (AvgIpc) is 3.08. The number of hydrogen-bond donors (Lipinski definition) is 1. The molecule has 8 heteroatoms. The number of halogens is 2. The molecule has 1 aromatic carbocycles. The van der Waals surface area contributed by atoms with Crippen molar-refractivity contribution in [1.29, 1.82) is 0 Å². The molecule has 3 aromatic rings. The summed E-state index contributed by atoms with van der Waals surface area (Å²) in [6, 6.07) is 10.1. The maximum atomic E-state index is 3.85. The Balaban J connectivity index is 1.66. The maximum absolute atomic E-state index is 3.85. The fourth-order valence-electron chi connectivity index (χ4n) is 1.68. The molecule has 0 fully saturated rings. The van der Waals surface area contributed by atoms with Gasteiger partial charge in [-0.15, -0.1) is 16.4 Å². The van der Waals surface area contributed by atoms with Crippen LogP contribution in [0.2, 0.25) is 0 Å². The molecule has 0 aliphatic rings. The molecule has 20 heavy (non-hydrogen) atoms. The highest BCUT2D eigenvalue weighted by Gasteiger charge is 2.04. The molecule has 0 aliphatic heterocycles. The molecular formula is C12H9Br2N5S. The van der Waals surface area contributed by atoms with Crippen LogP contribution in [0.4, 0.5) is 5.69 Å². The van der Waals surface area contributed by atoms with Crippen LogP contribution >= 0.6 is 43.2 Å². The monoisotopic (exact) mass is 413 g/mol. The minimum atomic E-state index is 0.791. The Morgan fingerprint density at radius 2 is 2.00 bits per heavy atom. The van der Waals surface area contributed by atoms with E-state index in [0.717, 1.165) is 26.2 Å². The second-order valence-electron chi connectivity index (χ2n) is 3.99. The third kappa shape index (κ3) is 3.08. The number of benzene rings is 1. The van der Waals surface area contributed by atoms with Crippen molar-refractivity contribution in [1.82, 2.24) is 20.2 Å². The Morgan fingerprint density at radius 3 is 2.60 bits per heavy atom. The molecule has 2 aromatic heterocycles. The SMILES string of the molecule is Brc1cc(CNc2ccc(-n3cnnn3)cc2)sc1Br. The number of hydrogen-bond acceptors (Lipinski definition) is 5. The summed E-state index contributed by atoms with van der Waals surface area (Å²) in [6.07, 6.45) is 1.57. The summed E-state index contributed by atoms with van der Waals surface area (Å²) in [5.41, 5.74) is 1.99. The molecular weight excluding hydrogens is 406 g/mol. The molecule has 0 radical (unpaired) electrons. The maximum Gasteiger partial charge on any atom is 0.143 e. The topological polar surface area (TPSA) is 55.6 Å². The van der Waals surface area contributed by atoms with Crippen molar-refractivity contribution in [3.63, 3.8) is 0 Å². The van der Waals surface area contributed by atoms with Gasteiger partial charge in [-0.05, 0) is 72.6 Å². The van der Waals surface area contributed by atoms with Crippen LogP contribution in [-0.4, -0.2) is 20.2 Å². The zero-order valence-corrected chi connectivity index (χ0v) is 14.1. The number of nitrogens with one attached hydrogen (secondary N) is 1. The Morgan fingerprint density at radius 1 is 1.20 bits per heavy atom. The zero-order chi connectivity index (χ0) is 13.9. The van der Waals surface area contributed by atoms with Gasteiger partial charge in [-0.25, -0.2) is 4.68 Å². The summed E-state index contributed by atoms with van der Waals surface area (Å²) >= 11 is 8.70. The Labute approximate surface area is 136 Å². The highest BCUT2D eigenvalue weighted by atomic mass is 79.9. The molecule has 0 amide bonds. The van der Waals surface area contributed by atoms with E-state index in [1.807, 2.05) is 24.3 Å². The van der Waals surface area contributed by atoms with Crippen molar-refractivity contribution in [2.45, 2.75) is 6.54 Å². The van der Waals surface area contributed by atoms with Crippen LogP contribution in [0, 0.1) is 0 Å². The molecule has 3 rings (SSSR count). The third-order valence-corrected chi connectivity index (χ3v) is 5.90. The van der Waals surface area contributed by atoms with E-state index in [1.165, 1.54) is 4.88 Å². The fraction of sp³-hybridized carbons (Fsp3) is 0.0833. The number of nitrogens with zero attached hydrogens (tertiary/aromatic N) is 4. The number of rotatable bonds is 4. The molecule has 102 valence electrons. The fourth-order valence-corrected chi connectivity index (χ4v) is 3.80. The second kappa shape index (κ2) is 6.02. The highest BCUT2D eigenvalue weighted by molar-refractivity contribution is 9.13. The van der Waals surface area contributed by atoms with Crippen LogP contribution in [-0.2, 0) is 6.54 Å². The second-order valence-corrected chi connectivity index (χ2v) is 7.30. The van der Waals surface area contributed by atoms with Gasteiger partial charge < -0.3 is 5.32 Å². The molecule has 2 heterocycles. The Hall–Kier alpha value is -1.25. The molecule has 0 spiro atoms. The number of tetrazole rings is 1. The first-order valence-corrected chi connectivity index (χ1v) is 8.13. The van der Waals surface area contributed by atoms with E-state index >= 15 is 0 Å². The van der Waals surface area contributed by atoms with Crippen LogP contribution < -0.4 is 5.32 Å². The quantitative estimate of drug-likeness (QED) is 0.704. The summed E-state index contributed by atoms with van der Waals surface area (Å²) in [5, 5.41) is 14.5. The lowest BCUT2D eigenvalue weighted by Gasteiger charge is -2.05. The van der Waals surface area contributed by atoms with Gasteiger partial charge in [0, 0.05) is 21.6 Å². The minimum absolute atomic E-state index is 0.791. The predicted octanol–water partition coefficient (Wildman–Crippen LogP) is 3.86. The molecule has 0 unspecified atom stereocenters. The van der Waals surface area contributed by atoms with Crippen LogP contribution in [0.1, 0.15) is 4.88 Å². The lowest BCUT2D eigenvalue weighted by molar-refractivity contribution is 0.789. The van der Waals surface area contributed by atoms with Crippen molar-refractivity contribution in [3.8, 4) is 5.69 Å². The zero-order valence-electron chi connectivity index (χ0n) is 10.1. The first-order chi connectivity index (χ1) is 9.72. The van der Waals surface area contributed by atoms with E-state index in [9.17, 15) is 0 Å². The normalized spacial score (nSPS) is 10.7. The van der Waals surface area contributed by atoms with Crippen LogP contribution in [0.5, 0.6) is 0 Å². The van der Waals surface area contributed by atoms with Crippen LogP contribution in [0.25, 0.3) is 5.69 Å². The van der Waals surface area contributed by atoms with Crippen LogP contribution in [0.15, 0.2) is 44.9 Å².